The van der Waals surface area contributed by atoms with Gasteiger partial charge in [-0.3, -0.25) is 14.4 Å². The van der Waals surface area contributed by atoms with Crippen LogP contribution in [0, 0.1) is 0 Å². The Labute approximate surface area is 229 Å². The average Bonchev–Trinajstić information content (AvgIpc) is 3.28. The lowest BCUT2D eigenvalue weighted by atomic mass is 9.84. The van der Waals surface area contributed by atoms with Crippen molar-refractivity contribution in [2.24, 2.45) is 7.05 Å². The number of methoxy groups -OCH3 is 3. The van der Waals surface area contributed by atoms with Gasteiger partial charge in [0.1, 0.15) is 17.2 Å². The van der Waals surface area contributed by atoms with Crippen molar-refractivity contribution in [3.05, 3.63) is 93.0 Å². The number of allylic oxidation sites excluding steroid dienone is 1. The topological polar surface area (TPSA) is 102 Å². The summed E-state index contributed by atoms with van der Waals surface area (Å²) in [5.41, 5.74) is 2.20. The number of fused-ring (bicyclic) bond motifs is 4. The van der Waals surface area contributed by atoms with Gasteiger partial charge in [-0.15, -0.1) is 0 Å². The summed E-state index contributed by atoms with van der Waals surface area (Å²) in [6.07, 6.45) is 1.50. The zero-order valence-corrected chi connectivity index (χ0v) is 22.3. The molecule has 202 valence electrons. The van der Waals surface area contributed by atoms with Crippen molar-refractivity contribution in [3.8, 4) is 28.7 Å². The molecule has 0 aliphatic carbocycles. The van der Waals surface area contributed by atoms with Gasteiger partial charge in [-0.2, -0.15) is 0 Å². The molecule has 0 spiro atoms. The second-order valence-corrected chi connectivity index (χ2v) is 9.50. The maximum Gasteiger partial charge on any atom is 0.312 e. The molecule has 0 saturated carbocycles. The van der Waals surface area contributed by atoms with Gasteiger partial charge in [-0.05, 0) is 47.9 Å². The molecule has 0 fully saturated rings. The standard InChI is InChI=1S/C31H25NO8/c1-32-22-14-18(36-2)9-8-16(22)12-21(31(32)35)20-15-26(33)39-23-11-10-19-28(34)25(40-30(19)27(20)23)13-17-6-5-7-24(37-3)29(17)38-4/h5-14,20H,15H2,1-4H3/b25-13-/t20-/m1/s1. The predicted octanol–water partition coefficient (Wildman–Crippen LogP) is 4.62. The number of rotatable bonds is 5. The molecule has 1 aromatic heterocycles. The van der Waals surface area contributed by atoms with Crippen LogP contribution in [0.25, 0.3) is 17.0 Å². The zero-order valence-electron chi connectivity index (χ0n) is 22.3. The lowest BCUT2D eigenvalue weighted by Gasteiger charge is -2.26. The number of Topliss-reactive ketones (excluding diaryl/α,β-unsaturated/α-hetero) is 1. The third-order valence-corrected chi connectivity index (χ3v) is 7.34. The van der Waals surface area contributed by atoms with Crippen LogP contribution >= 0.6 is 0 Å². The Balaban J connectivity index is 1.50. The summed E-state index contributed by atoms with van der Waals surface area (Å²) in [6.45, 7) is 0. The monoisotopic (exact) mass is 539 g/mol. The van der Waals surface area contributed by atoms with Gasteiger partial charge in [-0.25, -0.2) is 0 Å². The fraction of sp³-hybridized carbons (Fsp3) is 0.194. The summed E-state index contributed by atoms with van der Waals surface area (Å²) in [6, 6.07) is 15.7. The number of aryl methyl sites for hydroxylation is 1. The number of para-hydroxylation sites is 1. The number of nitrogens with zero attached hydrogens (tertiary/aromatic N) is 1. The van der Waals surface area contributed by atoms with Crippen LogP contribution < -0.4 is 29.2 Å². The van der Waals surface area contributed by atoms with E-state index in [-0.39, 0.29) is 35.0 Å². The summed E-state index contributed by atoms with van der Waals surface area (Å²) in [5.74, 6) is 0.684. The molecule has 2 aliphatic heterocycles. The quantitative estimate of drug-likeness (QED) is 0.206. The van der Waals surface area contributed by atoms with Gasteiger partial charge in [0, 0.05) is 35.7 Å². The number of aromatic nitrogens is 1. The van der Waals surface area contributed by atoms with Crippen molar-refractivity contribution in [3.63, 3.8) is 0 Å². The van der Waals surface area contributed by atoms with Crippen molar-refractivity contribution in [2.45, 2.75) is 12.3 Å². The van der Waals surface area contributed by atoms with Gasteiger partial charge >= 0.3 is 5.97 Å². The predicted molar refractivity (Wildman–Crippen MR) is 147 cm³/mol. The maximum absolute atomic E-state index is 13.6. The summed E-state index contributed by atoms with van der Waals surface area (Å²) in [5, 5.41) is 0.800. The highest BCUT2D eigenvalue weighted by Gasteiger charge is 2.39. The number of carbonyl (C=O) groups is 2. The molecule has 1 atom stereocenters. The molecular weight excluding hydrogens is 514 g/mol. The maximum atomic E-state index is 13.6. The SMILES string of the molecule is COc1ccc2cc([C@H]3CC(=O)Oc4ccc5c(c43)O/C(=C\c3cccc(OC)c3OC)C5=O)c(=O)n(C)c2c1. The minimum Gasteiger partial charge on any atom is -0.497 e. The number of esters is 1. The van der Waals surface area contributed by atoms with Crippen molar-refractivity contribution < 1.29 is 33.3 Å². The van der Waals surface area contributed by atoms with E-state index in [1.54, 1.807) is 62.7 Å². The molecule has 0 radical (unpaired) electrons. The molecule has 4 aromatic rings. The number of pyridine rings is 1. The van der Waals surface area contributed by atoms with Crippen LogP contribution in [0.5, 0.6) is 28.7 Å². The summed E-state index contributed by atoms with van der Waals surface area (Å²) < 4.78 is 29.4. The van der Waals surface area contributed by atoms with E-state index >= 15 is 0 Å². The Morgan fingerprint density at radius 1 is 0.925 bits per heavy atom. The molecular formula is C31H25NO8. The molecule has 0 bridgehead atoms. The molecule has 9 nitrogen and oxygen atoms in total. The second kappa shape index (κ2) is 9.60. The van der Waals surface area contributed by atoms with Crippen LogP contribution in [0.4, 0.5) is 0 Å². The van der Waals surface area contributed by atoms with Crippen LogP contribution in [0.2, 0.25) is 0 Å². The smallest absolute Gasteiger partial charge is 0.312 e. The van der Waals surface area contributed by atoms with Gasteiger partial charge in [0.25, 0.3) is 5.56 Å². The fourth-order valence-electron chi connectivity index (χ4n) is 5.38. The van der Waals surface area contributed by atoms with Crippen LogP contribution in [-0.4, -0.2) is 37.6 Å². The molecule has 3 aromatic carbocycles. The summed E-state index contributed by atoms with van der Waals surface area (Å²) in [4.78, 5) is 39.7. The highest BCUT2D eigenvalue weighted by molar-refractivity contribution is 6.15. The van der Waals surface area contributed by atoms with Crippen LogP contribution in [0.3, 0.4) is 0 Å². The van der Waals surface area contributed by atoms with E-state index in [1.807, 2.05) is 12.1 Å². The number of ketones is 1. The Kier molecular flexibility index (Phi) is 6.06. The fourth-order valence-corrected chi connectivity index (χ4v) is 5.38. The normalized spacial score (nSPS) is 16.8. The number of hydrogen-bond acceptors (Lipinski definition) is 8. The number of carbonyl (C=O) groups excluding carboxylic acids is 2. The summed E-state index contributed by atoms with van der Waals surface area (Å²) >= 11 is 0. The molecule has 3 heterocycles. The Hall–Kier alpha value is -5.05. The van der Waals surface area contributed by atoms with Crippen LogP contribution in [0.1, 0.15) is 39.4 Å². The molecule has 0 amide bonds. The van der Waals surface area contributed by atoms with Gasteiger partial charge in [-0.1, -0.05) is 12.1 Å². The Morgan fingerprint density at radius 3 is 2.50 bits per heavy atom. The molecule has 0 unspecified atom stereocenters. The molecule has 9 heteroatoms. The first-order valence-electron chi connectivity index (χ1n) is 12.5. The largest absolute Gasteiger partial charge is 0.497 e. The minimum absolute atomic E-state index is 0.0733. The Morgan fingerprint density at radius 2 is 1.75 bits per heavy atom. The van der Waals surface area contributed by atoms with Gasteiger partial charge in [0.2, 0.25) is 5.78 Å². The second-order valence-electron chi connectivity index (χ2n) is 9.50. The van der Waals surface area contributed by atoms with E-state index in [0.29, 0.717) is 45.0 Å². The van der Waals surface area contributed by atoms with E-state index in [4.69, 9.17) is 23.7 Å². The first-order valence-corrected chi connectivity index (χ1v) is 12.5. The zero-order chi connectivity index (χ0) is 28.1. The van der Waals surface area contributed by atoms with E-state index in [2.05, 4.69) is 0 Å². The van der Waals surface area contributed by atoms with Crippen molar-refractivity contribution >= 4 is 28.7 Å². The third kappa shape index (κ3) is 3.89. The van der Waals surface area contributed by atoms with E-state index in [0.717, 1.165) is 5.39 Å². The Bertz CT molecular complexity index is 1820. The first kappa shape index (κ1) is 25.2. The number of hydrogen-bond donors (Lipinski definition) is 0. The molecule has 6 rings (SSSR count). The van der Waals surface area contributed by atoms with Gasteiger partial charge in [0.05, 0.1) is 38.8 Å². The molecule has 2 aliphatic rings. The lowest BCUT2D eigenvalue weighted by molar-refractivity contribution is -0.135. The van der Waals surface area contributed by atoms with Crippen molar-refractivity contribution in [2.75, 3.05) is 21.3 Å². The van der Waals surface area contributed by atoms with Crippen molar-refractivity contribution in [1.82, 2.24) is 4.57 Å². The van der Waals surface area contributed by atoms with E-state index < -0.39 is 11.9 Å². The first-order chi connectivity index (χ1) is 19.3. The van der Waals surface area contributed by atoms with Gasteiger partial charge < -0.3 is 28.3 Å². The molecule has 40 heavy (non-hydrogen) atoms. The van der Waals surface area contributed by atoms with E-state index in [9.17, 15) is 14.4 Å². The van der Waals surface area contributed by atoms with E-state index in [1.165, 1.54) is 18.8 Å². The lowest BCUT2D eigenvalue weighted by Crippen LogP contribution is -2.29. The highest BCUT2D eigenvalue weighted by atomic mass is 16.5. The van der Waals surface area contributed by atoms with Crippen molar-refractivity contribution in [1.29, 1.82) is 0 Å². The van der Waals surface area contributed by atoms with Crippen LogP contribution in [0.15, 0.2) is 65.2 Å². The third-order valence-electron chi connectivity index (χ3n) is 7.34. The number of benzene rings is 3. The average molecular weight is 540 g/mol. The number of ether oxygens (including phenoxy) is 5. The highest BCUT2D eigenvalue weighted by Crippen LogP contribution is 2.49. The molecule has 0 saturated heterocycles. The summed E-state index contributed by atoms with van der Waals surface area (Å²) in [7, 11) is 6.28. The van der Waals surface area contributed by atoms with Crippen LogP contribution in [-0.2, 0) is 11.8 Å². The molecule has 0 N–H and O–H groups in total. The van der Waals surface area contributed by atoms with Gasteiger partial charge in [0.15, 0.2) is 17.3 Å². The minimum atomic E-state index is -0.685.